The molecule has 0 unspecified atom stereocenters. The van der Waals surface area contributed by atoms with Gasteiger partial charge in [-0.1, -0.05) is 19.3 Å². The van der Waals surface area contributed by atoms with Crippen molar-refractivity contribution in [2.45, 2.75) is 32.1 Å². The zero-order valence-electron chi connectivity index (χ0n) is 17.3. The van der Waals surface area contributed by atoms with Crippen molar-refractivity contribution in [3.8, 4) is 0 Å². The number of morpholine rings is 1. The van der Waals surface area contributed by atoms with Crippen LogP contribution in [0.3, 0.4) is 0 Å². The van der Waals surface area contributed by atoms with Crippen LogP contribution in [0.1, 0.15) is 32.1 Å². The summed E-state index contributed by atoms with van der Waals surface area (Å²) >= 11 is 1.71. The number of aliphatic imine (C=N–C) groups is 1. The van der Waals surface area contributed by atoms with E-state index in [0.717, 1.165) is 76.7 Å². The molecule has 1 aromatic heterocycles. The maximum Gasteiger partial charge on any atom is 0.191 e. The summed E-state index contributed by atoms with van der Waals surface area (Å²) < 4.78 is 5.53. The van der Waals surface area contributed by atoms with E-state index in [1.165, 1.54) is 32.1 Å². The van der Waals surface area contributed by atoms with E-state index >= 15 is 0 Å². The van der Waals surface area contributed by atoms with Gasteiger partial charge in [0.25, 0.3) is 0 Å². The molecule has 1 saturated carbocycles. The van der Waals surface area contributed by atoms with E-state index in [0.29, 0.717) is 5.41 Å². The van der Waals surface area contributed by atoms with Crippen LogP contribution in [0.25, 0.3) is 0 Å². The fraction of sp³-hybridized carbons (Fsp3) is 0.800. The molecule has 1 aromatic rings. The SMILES string of the molecule is I.NC(=NCC1(CN2CCOCC2)CCCCC1)N1CCN(c2nccs2)CC1. The molecule has 9 heteroatoms. The van der Waals surface area contributed by atoms with Crippen LogP contribution >= 0.6 is 35.3 Å². The summed E-state index contributed by atoms with van der Waals surface area (Å²) in [4.78, 5) is 16.5. The smallest absolute Gasteiger partial charge is 0.191 e. The summed E-state index contributed by atoms with van der Waals surface area (Å²) in [6.07, 6.45) is 8.44. The molecule has 1 aliphatic carbocycles. The van der Waals surface area contributed by atoms with Crippen molar-refractivity contribution in [1.82, 2.24) is 14.8 Å². The number of rotatable bonds is 5. The summed E-state index contributed by atoms with van der Waals surface area (Å²) in [5.74, 6) is 0.728. The van der Waals surface area contributed by atoms with Gasteiger partial charge in [0.1, 0.15) is 0 Å². The number of hydrogen-bond donors (Lipinski definition) is 1. The van der Waals surface area contributed by atoms with Gasteiger partial charge in [0.2, 0.25) is 0 Å². The predicted molar refractivity (Wildman–Crippen MR) is 131 cm³/mol. The molecule has 0 aromatic carbocycles. The van der Waals surface area contributed by atoms with Crippen molar-refractivity contribution in [3.05, 3.63) is 11.6 Å². The number of ether oxygens (including phenoxy) is 1. The van der Waals surface area contributed by atoms with Crippen molar-refractivity contribution >= 4 is 46.4 Å². The Kier molecular flexibility index (Phi) is 8.82. The minimum atomic E-state index is 0. The zero-order valence-corrected chi connectivity index (χ0v) is 20.4. The Hall–Kier alpha value is -0.650. The summed E-state index contributed by atoms with van der Waals surface area (Å²) in [7, 11) is 0. The Morgan fingerprint density at radius 3 is 2.48 bits per heavy atom. The van der Waals surface area contributed by atoms with E-state index in [-0.39, 0.29) is 24.0 Å². The quantitative estimate of drug-likeness (QED) is 0.356. The molecule has 2 saturated heterocycles. The number of thiazole rings is 1. The Bertz CT molecular complexity index is 623. The van der Waals surface area contributed by atoms with Crippen molar-refractivity contribution in [1.29, 1.82) is 0 Å². The van der Waals surface area contributed by atoms with Gasteiger partial charge in [-0.05, 0) is 12.8 Å². The Balaban J connectivity index is 0.00000240. The molecule has 29 heavy (non-hydrogen) atoms. The minimum absolute atomic E-state index is 0. The van der Waals surface area contributed by atoms with Gasteiger partial charge in [0.05, 0.1) is 13.2 Å². The van der Waals surface area contributed by atoms with Gasteiger partial charge < -0.3 is 20.3 Å². The number of aromatic nitrogens is 1. The number of piperazine rings is 1. The third-order valence-corrected chi connectivity index (χ3v) is 7.28. The minimum Gasteiger partial charge on any atom is -0.379 e. The van der Waals surface area contributed by atoms with Gasteiger partial charge >= 0.3 is 0 Å². The number of hydrogen-bond acceptors (Lipinski definition) is 6. The maximum absolute atomic E-state index is 6.43. The molecule has 0 radical (unpaired) electrons. The van der Waals surface area contributed by atoms with Crippen LogP contribution in [-0.2, 0) is 4.74 Å². The van der Waals surface area contributed by atoms with Crippen LogP contribution in [-0.4, -0.2) is 86.3 Å². The summed E-state index contributed by atoms with van der Waals surface area (Å²) in [5.41, 5.74) is 6.73. The molecule has 3 fully saturated rings. The van der Waals surface area contributed by atoms with Crippen LogP contribution in [0.5, 0.6) is 0 Å². The monoisotopic (exact) mass is 534 g/mol. The Morgan fingerprint density at radius 2 is 1.83 bits per heavy atom. The second-order valence-corrected chi connectivity index (χ2v) is 9.29. The molecular weight excluding hydrogens is 499 g/mol. The van der Waals surface area contributed by atoms with Crippen LogP contribution < -0.4 is 10.6 Å². The topological polar surface area (TPSA) is 70.2 Å². The third kappa shape index (κ3) is 6.18. The van der Waals surface area contributed by atoms with Gasteiger partial charge in [0, 0.05) is 69.3 Å². The van der Waals surface area contributed by atoms with Gasteiger partial charge in [-0.25, -0.2) is 4.98 Å². The zero-order chi connectivity index (χ0) is 19.2. The highest BCUT2D eigenvalue weighted by Gasteiger charge is 2.34. The number of halogens is 1. The number of guanidine groups is 1. The fourth-order valence-electron chi connectivity index (χ4n) is 4.75. The van der Waals surface area contributed by atoms with Crippen molar-refractivity contribution < 1.29 is 4.74 Å². The molecule has 3 aliphatic rings. The normalized spacial score (nSPS) is 23.7. The van der Waals surface area contributed by atoms with Gasteiger partial charge in [-0.15, -0.1) is 35.3 Å². The third-order valence-electron chi connectivity index (χ3n) is 6.45. The molecule has 2 aliphatic heterocycles. The summed E-state index contributed by atoms with van der Waals surface area (Å²) in [6.45, 7) is 9.62. The first kappa shape index (κ1) is 23.0. The highest BCUT2D eigenvalue weighted by molar-refractivity contribution is 14.0. The molecule has 164 valence electrons. The second-order valence-electron chi connectivity index (χ2n) is 8.41. The second kappa shape index (κ2) is 11.1. The number of anilines is 1. The molecule has 0 spiro atoms. The van der Waals surface area contributed by atoms with Crippen LogP contribution in [0, 0.1) is 5.41 Å². The molecule has 0 bridgehead atoms. The lowest BCUT2D eigenvalue weighted by atomic mass is 9.73. The van der Waals surface area contributed by atoms with Gasteiger partial charge in [-0.3, -0.25) is 9.89 Å². The van der Waals surface area contributed by atoms with E-state index in [1.54, 1.807) is 11.3 Å². The molecule has 3 heterocycles. The molecular formula is C20H35IN6OS. The lowest BCUT2D eigenvalue weighted by molar-refractivity contribution is 0.00934. The number of nitrogens with two attached hydrogens (primary N) is 1. The maximum atomic E-state index is 6.43. The first-order valence-corrected chi connectivity index (χ1v) is 11.6. The predicted octanol–water partition coefficient (Wildman–Crippen LogP) is 2.48. The lowest BCUT2D eigenvalue weighted by Crippen LogP contribution is -2.51. The molecule has 0 atom stereocenters. The van der Waals surface area contributed by atoms with E-state index in [4.69, 9.17) is 15.5 Å². The lowest BCUT2D eigenvalue weighted by Gasteiger charge is -2.41. The molecule has 2 N–H and O–H groups in total. The molecule has 0 amide bonds. The number of nitrogens with zero attached hydrogens (tertiary/aromatic N) is 5. The average Bonchev–Trinajstić information content (AvgIpc) is 3.29. The van der Waals surface area contributed by atoms with Gasteiger partial charge in [-0.2, -0.15) is 0 Å². The molecule has 7 nitrogen and oxygen atoms in total. The van der Waals surface area contributed by atoms with E-state index in [2.05, 4.69) is 19.7 Å². The van der Waals surface area contributed by atoms with E-state index in [9.17, 15) is 0 Å². The van der Waals surface area contributed by atoms with Crippen molar-refractivity contribution in [3.63, 3.8) is 0 Å². The molecule has 4 rings (SSSR count). The largest absolute Gasteiger partial charge is 0.379 e. The highest BCUT2D eigenvalue weighted by atomic mass is 127. The fourth-order valence-corrected chi connectivity index (χ4v) is 5.45. The summed E-state index contributed by atoms with van der Waals surface area (Å²) in [6, 6.07) is 0. The Morgan fingerprint density at radius 1 is 1.10 bits per heavy atom. The van der Waals surface area contributed by atoms with Crippen LogP contribution in [0.15, 0.2) is 16.6 Å². The van der Waals surface area contributed by atoms with Crippen molar-refractivity contribution in [2.24, 2.45) is 16.1 Å². The first-order chi connectivity index (χ1) is 13.7. The average molecular weight is 535 g/mol. The Labute approximate surface area is 195 Å². The van der Waals surface area contributed by atoms with E-state index in [1.807, 2.05) is 11.6 Å². The van der Waals surface area contributed by atoms with Crippen LogP contribution in [0.2, 0.25) is 0 Å². The summed E-state index contributed by atoms with van der Waals surface area (Å²) in [5, 5.41) is 3.15. The highest BCUT2D eigenvalue weighted by Crippen LogP contribution is 2.37. The van der Waals surface area contributed by atoms with E-state index < -0.39 is 0 Å². The van der Waals surface area contributed by atoms with Gasteiger partial charge in [0.15, 0.2) is 11.1 Å². The first-order valence-electron chi connectivity index (χ1n) is 10.7. The van der Waals surface area contributed by atoms with Crippen LogP contribution in [0.4, 0.5) is 5.13 Å². The standard InChI is InChI=1S/C20H34N6OS.HI/c21-18(25-7-9-26(10-8-25)19-22-6-15-28-19)23-16-20(4-2-1-3-5-20)17-24-11-13-27-14-12-24;/h6,15H,1-5,7-14,16-17H2,(H2,21,23);1H. The van der Waals surface area contributed by atoms with Crippen molar-refractivity contribution in [2.75, 3.05) is 70.5 Å².